The quantitative estimate of drug-likeness (QED) is 0.614. The van der Waals surface area contributed by atoms with Crippen LogP contribution >= 0.6 is 0 Å². The summed E-state index contributed by atoms with van der Waals surface area (Å²) in [5, 5.41) is 5.61. The summed E-state index contributed by atoms with van der Waals surface area (Å²) in [6.45, 7) is 8.96. The third-order valence-corrected chi connectivity index (χ3v) is 4.28. The number of carbonyl (C=O) groups excluding carboxylic acids is 1. The van der Waals surface area contributed by atoms with Crippen molar-refractivity contribution in [2.75, 3.05) is 18.2 Å². The van der Waals surface area contributed by atoms with E-state index in [2.05, 4.69) is 18.9 Å². The van der Waals surface area contributed by atoms with Crippen molar-refractivity contribution >= 4 is 23.4 Å². The second-order valence-electron chi connectivity index (χ2n) is 7.18. The zero-order valence-electron chi connectivity index (χ0n) is 17.1. The van der Waals surface area contributed by atoms with Gasteiger partial charge in [-0.15, -0.1) is 0 Å². The van der Waals surface area contributed by atoms with Crippen LogP contribution in [-0.4, -0.2) is 24.8 Å². The van der Waals surface area contributed by atoms with Crippen LogP contribution in [0.3, 0.4) is 0 Å². The molecule has 3 rings (SSSR count). The van der Waals surface area contributed by atoms with Crippen molar-refractivity contribution in [3.05, 3.63) is 59.4 Å². The van der Waals surface area contributed by atoms with Gasteiger partial charge >= 0.3 is 0 Å². The predicted molar refractivity (Wildman–Crippen MR) is 113 cm³/mol. The molecule has 0 atom stereocenters. The summed E-state index contributed by atoms with van der Waals surface area (Å²) in [5.74, 6) is 1.10. The van der Waals surface area contributed by atoms with Gasteiger partial charge in [0, 0.05) is 0 Å². The van der Waals surface area contributed by atoms with Crippen LogP contribution in [0.25, 0.3) is 6.08 Å². The first-order chi connectivity index (χ1) is 13.9. The molecule has 0 aromatic heterocycles. The van der Waals surface area contributed by atoms with Crippen molar-refractivity contribution in [1.82, 2.24) is 0 Å². The Morgan fingerprint density at radius 3 is 2.48 bits per heavy atom. The molecule has 0 bridgehead atoms. The van der Waals surface area contributed by atoms with Gasteiger partial charge in [0.15, 0.2) is 11.5 Å². The highest BCUT2D eigenvalue weighted by atomic mass is 19.1. The van der Waals surface area contributed by atoms with E-state index in [0.29, 0.717) is 47.6 Å². The van der Waals surface area contributed by atoms with Gasteiger partial charge in [0.25, 0.3) is 5.91 Å². The van der Waals surface area contributed by atoms with E-state index in [0.717, 1.165) is 5.56 Å². The number of amides is 1. The minimum absolute atomic E-state index is 0.257. The molecule has 5 nitrogen and oxygen atoms in total. The molecule has 0 saturated carbocycles. The standard InChI is InChI=1S/C23H25FN2O3/c1-5-28-22-13-17(6-11-21(22)29-14-15(2)3)12-20-16(4)25-26(23(20)27)19-9-7-18(24)8-10-19/h6-13,15H,5,14H2,1-4H3/b20-12-. The molecule has 1 heterocycles. The molecular formula is C23H25FN2O3. The SMILES string of the molecule is CCOc1cc(/C=C2\C(=O)N(c3ccc(F)cc3)N=C2C)ccc1OCC(C)C. The lowest BCUT2D eigenvalue weighted by Crippen LogP contribution is -2.21. The molecule has 1 amide bonds. The summed E-state index contributed by atoms with van der Waals surface area (Å²) in [6, 6.07) is 11.3. The van der Waals surface area contributed by atoms with E-state index in [4.69, 9.17) is 9.47 Å². The van der Waals surface area contributed by atoms with Crippen molar-refractivity contribution < 1.29 is 18.7 Å². The highest BCUT2D eigenvalue weighted by molar-refractivity contribution is 6.32. The van der Waals surface area contributed by atoms with E-state index in [1.165, 1.54) is 29.3 Å². The second kappa shape index (κ2) is 8.90. The van der Waals surface area contributed by atoms with Gasteiger partial charge in [-0.3, -0.25) is 4.79 Å². The number of carbonyl (C=O) groups is 1. The Hall–Kier alpha value is -3.15. The number of ether oxygens (including phenoxy) is 2. The molecule has 2 aromatic rings. The number of hydrogen-bond donors (Lipinski definition) is 0. The summed E-state index contributed by atoms with van der Waals surface area (Å²) in [5.41, 5.74) is 2.40. The van der Waals surface area contributed by atoms with E-state index < -0.39 is 0 Å². The molecule has 0 spiro atoms. The number of anilines is 1. The molecule has 1 aliphatic heterocycles. The van der Waals surface area contributed by atoms with Crippen molar-refractivity contribution in [2.24, 2.45) is 11.0 Å². The second-order valence-corrected chi connectivity index (χ2v) is 7.18. The Balaban J connectivity index is 1.87. The minimum Gasteiger partial charge on any atom is -0.490 e. The van der Waals surface area contributed by atoms with Gasteiger partial charge in [-0.05, 0) is 67.8 Å². The largest absolute Gasteiger partial charge is 0.490 e. The summed E-state index contributed by atoms with van der Waals surface area (Å²) in [6.07, 6.45) is 1.78. The molecule has 0 unspecified atom stereocenters. The molecule has 0 radical (unpaired) electrons. The molecule has 29 heavy (non-hydrogen) atoms. The number of benzene rings is 2. The van der Waals surface area contributed by atoms with Crippen LogP contribution in [0.1, 0.15) is 33.3 Å². The van der Waals surface area contributed by atoms with Gasteiger partial charge in [-0.2, -0.15) is 10.1 Å². The fourth-order valence-electron chi connectivity index (χ4n) is 2.87. The van der Waals surface area contributed by atoms with Crippen molar-refractivity contribution in [3.8, 4) is 11.5 Å². The van der Waals surface area contributed by atoms with Gasteiger partial charge in [-0.1, -0.05) is 19.9 Å². The number of nitrogens with zero attached hydrogens (tertiary/aromatic N) is 2. The highest BCUT2D eigenvalue weighted by Gasteiger charge is 2.28. The third kappa shape index (κ3) is 4.83. The Kier molecular flexibility index (Phi) is 6.32. The third-order valence-electron chi connectivity index (χ3n) is 4.28. The molecule has 152 valence electrons. The monoisotopic (exact) mass is 396 g/mol. The summed E-state index contributed by atoms with van der Waals surface area (Å²) in [7, 11) is 0. The van der Waals surface area contributed by atoms with Gasteiger partial charge in [0.1, 0.15) is 5.82 Å². The smallest absolute Gasteiger partial charge is 0.280 e. The first kappa shape index (κ1) is 20.6. The molecule has 2 aromatic carbocycles. The number of rotatable bonds is 7. The van der Waals surface area contributed by atoms with Gasteiger partial charge in [-0.25, -0.2) is 4.39 Å². The number of hydrazone groups is 1. The highest BCUT2D eigenvalue weighted by Crippen LogP contribution is 2.31. The van der Waals surface area contributed by atoms with E-state index in [1.54, 1.807) is 13.0 Å². The van der Waals surface area contributed by atoms with Crippen LogP contribution in [0.4, 0.5) is 10.1 Å². The first-order valence-corrected chi connectivity index (χ1v) is 9.66. The lowest BCUT2D eigenvalue weighted by Gasteiger charge is -2.14. The zero-order valence-corrected chi connectivity index (χ0v) is 17.1. The lowest BCUT2D eigenvalue weighted by molar-refractivity contribution is -0.114. The van der Waals surface area contributed by atoms with Crippen LogP contribution in [0.15, 0.2) is 53.1 Å². The van der Waals surface area contributed by atoms with Crippen LogP contribution in [0.2, 0.25) is 0 Å². The molecule has 0 aliphatic carbocycles. The van der Waals surface area contributed by atoms with Gasteiger partial charge in [0.05, 0.1) is 30.2 Å². The van der Waals surface area contributed by atoms with E-state index >= 15 is 0 Å². The topological polar surface area (TPSA) is 51.1 Å². The maximum atomic E-state index is 13.2. The Morgan fingerprint density at radius 1 is 1.10 bits per heavy atom. The maximum absolute atomic E-state index is 13.2. The van der Waals surface area contributed by atoms with Crippen molar-refractivity contribution in [3.63, 3.8) is 0 Å². The van der Waals surface area contributed by atoms with E-state index in [9.17, 15) is 9.18 Å². The zero-order chi connectivity index (χ0) is 21.0. The fourth-order valence-corrected chi connectivity index (χ4v) is 2.87. The molecule has 0 fully saturated rings. The average molecular weight is 396 g/mol. The molecule has 0 saturated heterocycles. The lowest BCUT2D eigenvalue weighted by atomic mass is 10.1. The van der Waals surface area contributed by atoms with Crippen molar-refractivity contribution in [2.45, 2.75) is 27.7 Å². The summed E-state index contributed by atoms with van der Waals surface area (Å²) < 4.78 is 24.7. The van der Waals surface area contributed by atoms with Gasteiger partial charge < -0.3 is 9.47 Å². The number of halogens is 1. The van der Waals surface area contributed by atoms with Crippen LogP contribution in [0.5, 0.6) is 11.5 Å². The maximum Gasteiger partial charge on any atom is 0.280 e. The number of hydrogen-bond acceptors (Lipinski definition) is 4. The Labute approximate surface area is 170 Å². The predicted octanol–water partition coefficient (Wildman–Crippen LogP) is 5.07. The Bertz CT molecular complexity index is 949. The van der Waals surface area contributed by atoms with Crippen LogP contribution in [-0.2, 0) is 4.79 Å². The van der Waals surface area contributed by atoms with E-state index in [-0.39, 0.29) is 11.7 Å². The summed E-state index contributed by atoms with van der Waals surface area (Å²) >= 11 is 0. The normalized spacial score (nSPS) is 15.2. The Morgan fingerprint density at radius 2 is 1.83 bits per heavy atom. The molecule has 6 heteroatoms. The first-order valence-electron chi connectivity index (χ1n) is 9.66. The van der Waals surface area contributed by atoms with Crippen LogP contribution < -0.4 is 14.5 Å². The van der Waals surface area contributed by atoms with Gasteiger partial charge in [0.2, 0.25) is 0 Å². The van der Waals surface area contributed by atoms with Crippen LogP contribution in [0, 0.1) is 11.7 Å². The van der Waals surface area contributed by atoms with Crippen molar-refractivity contribution in [1.29, 1.82) is 0 Å². The molecule has 0 N–H and O–H groups in total. The molecular weight excluding hydrogens is 371 g/mol. The fraction of sp³-hybridized carbons (Fsp3) is 0.304. The molecule has 1 aliphatic rings. The summed E-state index contributed by atoms with van der Waals surface area (Å²) in [4.78, 5) is 12.9. The minimum atomic E-state index is -0.361. The van der Waals surface area contributed by atoms with E-state index in [1.807, 2.05) is 25.1 Å². The average Bonchev–Trinajstić information content (AvgIpc) is 2.96.